The summed E-state index contributed by atoms with van der Waals surface area (Å²) in [6.45, 7) is 12.4. The fraction of sp³-hybridized carbons (Fsp3) is 1.00. The van der Waals surface area contributed by atoms with Crippen molar-refractivity contribution in [3.8, 4) is 0 Å². The predicted octanol–water partition coefficient (Wildman–Crippen LogP) is 0.657. The lowest BCUT2D eigenvalue weighted by Gasteiger charge is -2.38. The van der Waals surface area contributed by atoms with Crippen LogP contribution in [0, 0.1) is 9.81 Å². The fourth-order valence-corrected chi connectivity index (χ4v) is 2.98. The first kappa shape index (κ1) is 20.1. The largest absolute Gasteiger partial charge is 0.329 e. The van der Waals surface area contributed by atoms with Crippen molar-refractivity contribution in [2.45, 2.75) is 57.3 Å². The summed E-state index contributed by atoms with van der Waals surface area (Å²) in [7, 11) is 0. The molecule has 8 heteroatoms. The van der Waals surface area contributed by atoms with Gasteiger partial charge in [-0.1, -0.05) is 10.4 Å². The van der Waals surface area contributed by atoms with Gasteiger partial charge in [0.25, 0.3) is 0 Å². The van der Waals surface area contributed by atoms with E-state index in [9.17, 15) is 9.81 Å². The third kappa shape index (κ3) is 5.87. The average Bonchev–Trinajstić information content (AvgIpc) is 2.46. The van der Waals surface area contributed by atoms with Crippen LogP contribution in [0.4, 0.5) is 0 Å². The van der Waals surface area contributed by atoms with Gasteiger partial charge in [0.15, 0.2) is 0 Å². The van der Waals surface area contributed by atoms with Gasteiger partial charge in [-0.25, -0.2) is 0 Å². The van der Waals surface area contributed by atoms with Crippen LogP contribution in [0.3, 0.4) is 0 Å². The van der Waals surface area contributed by atoms with Crippen molar-refractivity contribution >= 4 is 0 Å². The Labute approximate surface area is 138 Å². The summed E-state index contributed by atoms with van der Waals surface area (Å²) in [6, 6.07) is -1.04. The van der Waals surface area contributed by atoms with Crippen molar-refractivity contribution in [3.05, 3.63) is 9.81 Å². The molecule has 0 aromatic rings. The van der Waals surface area contributed by atoms with E-state index in [1.807, 2.05) is 27.7 Å². The van der Waals surface area contributed by atoms with Crippen LogP contribution in [0.1, 0.15) is 34.1 Å². The van der Waals surface area contributed by atoms with Gasteiger partial charge in [-0.05, 0) is 27.7 Å². The van der Waals surface area contributed by atoms with Gasteiger partial charge in [0.05, 0.1) is 0 Å². The molecule has 23 heavy (non-hydrogen) atoms. The normalized spacial score (nSPS) is 30.0. The molecule has 0 saturated carbocycles. The topological polar surface area (TPSA) is 112 Å². The lowest BCUT2D eigenvalue weighted by molar-refractivity contribution is 0.201. The summed E-state index contributed by atoms with van der Waals surface area (Å²) >= 11 is 0. The van der Waals surface area contributed by atoms with Crippen molar-refractivity contribution in [2.75, 3.05) is 39.3 Å². The molecule has 1 fully saturated rings. The maximum Gasteiger partial charge on any atom is 0.112 e. The third-order valence-electron chi connectivity index (χ3n) is 4.83. The third-order valence-corrected chi connectivity index (χ3v) is 4.83. The minimum Gasteiger partial charge on any atom is -0.329 e. The molecular weight excluding hydrogens is 296 g/mol. The smallest absolute Gasteiger partial charge is 0.112 e. The second-order valence-electron chi connectivity index (χ2n) is 7.41. The first-order chi connectivity index (χ1) is 10.8. The number of nitroso groups, excluding NO2 is 2. The van der Waals surface area contributed by atoms with E-state index < -0.39 is 23.2 Å². The summed E-state index contributed by atoms with van der Waals surface area (Å²) in [4.78, 5) is 25.0. The Morgan fingerprint density at radius 2 is 1.43 bits per heavy atom. The standard InChI is InChI=1S/C15H32N6O2/c1-14(2)12(19-22)11-13(20-23)15(3,4)18-7-10-21(8-5-16)9-6-17-14/h12-13,17-18H,5-11,16H2,1-4H3. The molecule has 1 saturated heterocycles. The van der Waals surface area contributed by atoms with Gasteiger partial charge in [-0.2, -0.15) is 9.81 Å². The quantitative estimate of drug-likeness (QED) is 0.654. The highest BCUT2D eigenvalue weighted by molar-refractivity contribution is 5.00. The van der Waals surface area contributed by atoms with Crippen molar-refractivity contribution in [1.29, 1.82) is 0 Å². The number of nitrogens with zero attached hydrogens (tertiary/aromatic N) is 3. The Balaban J connectivity index is 2.96. The number of nitrogens with two attached hydrogens (primary N) is 1. The first-order valence-corrected chi connectivity index (χ1v) is 8.34. The van der Waals surface area contributed by atoms with Crippen molar-refractivity contribution in [3.63, 3.8) is 0 Å². The van der Waals surface area contributed by atoms with Gasteiger partial charge in [0.2, 0.25) is 0 Å². The molecule has 4 N–H and O–H groups in total. The summed E-state index contributed by atoms with van der Waals surface area (Å²) in [6.07, 6.45) is 0.333. The molecule has 0 spiro atoms. The van der Waals surface area contributed by atoms with E-state index >= 15 is 0 Å². The molecule has 1 aliphatic heterocycles. The van der Waals surface area contributed by atoms with Crippen LogP contribution in [0.15, 0.2) is 10.4 Å². The highest BCUT2D eigenvalue weighted by Gasteiger charge is 2.39. The van der Waals surface area contributed by atoms with E-state index in [1.165, 1.54) is 0 Å². The predicted molar refractivity (Wildman–Crippen MR) is 93.4 cm³/mol. The van der Waals surface area contributed by atoms with Gasteiger partial charge in [0.1, 0.15) is 12.1 Å². The molecule has 8 nitrogen and oxygen atoms in total. The Bertz CT molecular complexity index is 356. The van der Waals surface area contributed by atoms with Gasteiger partial charge in [0, 0.05) is 56.8 Å². The minimum atomic E-state index is -0.520. The summed E-state index contributed by atoms with van der Waals surface area (Å²) < 4.78 is 0. The molecule has 1 heterocycles. The molecule has 0 bridgehead atoms. The second kappa shape index (κ2) is 8.77. The van der Waals surface area contributed by atoms with E-state index in [4.69, 9.17) is 5.73 Å². The molecule has 1 rings (SSSR count). The Hall–Kier alpha value is -0.960. The zero-order valence-electron chi connectivity index (χ0n) is 14.8. The summed E-state index contributed by atoms with van der Waals surface area (Å²) in [5, 5.41) is 13.3. The first-order valence-electron chi connectivity index (χ1n) is 8.34. The minimum absolute atomic E-state index is 0.333. The van der Waals surface area contributed by atoms with Gasteiger partial charge in [-0.15, -0.1) is 0 Å². The van der Waals surface area contributed by atoms with E-state index in [0.29, 0.717) is 13.0 Å². The van der Waals surface area contributed by atoms with Crippen LogP contribution in [0.25, 0.3) is 0 Å². The molecule has 2 atom stereocenters. The van der Waals surface area contributed by atoms with Crippen LogP contribution in [-0.2, 0) is 0 Å². The average molecular weight is 328 g/mol. The maximum atomic E-state index is 11.4. The number of hydrogen-bond acceptors (Lipinski definition) is 8. The summed E-state index contributed by atoms with van der Waals surface area (Å²) in [5.41, 5.74) is 4.69. The molecule has 1 aliphatic rings. The Morgan fingerprint density at radius 1 is 1.00 bits per heavy atom. The van der Waals surface area contributed by atoms with Crippen LogP contribution in [-0.4, -0.2) is 67.3 Å². The van der Waals surface area contributed by atoms with Crippen molar-refractivity contribution in [2.24, 2.45) is 16.1 Å². The molecule has 134 valence electrons. The molecule has 0 aliphatic carbocycles. The lowest BCUT2D eigenvalue weighted by Crippen LogP contribution is -2.57. The number of nitrogens with one attached hydrogen (secondary N) is 2. The van der Waals surface area contributed by atoms with Crippen LogP contribution in [0.2, 0.25) is 0 Å². The zero-order chi connectivity index (χ0) is 17.5. The van der Waals surface area contributed by atoms with E-state index in [0.717, 1.165) is 32.7 Å². The maximum absolute atomic E-state index is 11.4. The van der Waals surface area contributed by atoms with Gasteiger partial charge in [-0.3, -0.25) is 4.90 Å². The van der Waals surface area contributed by atoms with Crippen LogP contribution in [0.5, 0.6) is 0 Å². The Morgan fingerprint density at radius 3 is 1.78 bits per heavy atom. The van der Waals surface area contributed by atoms with E-state index in [1.54, 1.807) is 0 Å². The monoisotopic (exact) mass is 328 g/mol. The van der Waals surface area contributed by atoms with Crippen LogP contribution < -0.4 is 16.4 Å². The highest BCUT2D eigenvalue weighted by atomic mass is 16.3. The fourth-order valence-electron chi connectivity index (χ4n) is 2.98. The van der Waals surface area contributed by atoms with E-state index in [2.05, 4.69) is 25.9 Å². The van der Waals surface area contributed by atoms with E-state index in [-0.39, 0.29) is 0 Å². The SMILES string of the molecule is CC1(C)NCCN(CCN)CCNC(C)(C)C(N=O)CC1N=O. The number of hydrogen-bond donors (Lipinski definition) is 3. The van der Waals surface area contributed by atoms with Crippen molar-refractivity contribution in [1.82, 2.24) is 15.5 Å². The molecule has 2 unspecified atom stereocenters. The van der Waals surface area contributed by atoms with Gasteiger partial charge < -0.3 is 16.4 Å². The molecule has 0 amide bonds. The van der Waals surface area contributed by atoms with Crippen LogP contribution >= 0.6 is 0 Å². The Kier molecular flexibility index (Phi) is 7.66. The van der Waals surface area contributed by atoms with Gasteiger partial charge >= 0.3 is 0 Å². The zero-order valence-corrected chi connectivity index (χ0v) is 14.8. The van der Waals surface area contributed by atoms with Crippen molar-refractivity contribution < 1.29 is 0 Å². The summed E-state index contributed by atoms with van der Waals surface area (Å²) in [5.74, 6) is 0. The highest BCUT2D eigenvalue weighted by Crippen LogP contribution is 2.25. The molecule has 0 aromatic carbocycles. The lowest BCUT2D eigenvalue weighted by atomic mass is 9.83. The second-order valence-corrected chi connectivity index (χ2v) is 7.41. The molecular formula is C15H32N6O2. The molecule has 0 aromatic heterocycles. The number of rotatable bonds is 4. The molecule has 0 radical (unpaired) electrons.